The van der Waals surface area contributed by atoms with Crippen molar-refractivity contribution >= 4 is 17.7 Å². The van der Waals surface area contributed by atoms with Gasteiger partial charge in [0.25, 0.3) is 5.79 Å². The second-order valence-electron chi connectivity index (χ2n) is 1.91. The van der Waals surface area contributed by atoms with Crippen LogP contribution in [0.3, 0.4) is 0 Å². The summed E-state index contributed by atoms with van der Waals surface area (Å²) in [7, 11) is 0. The molecule has 10 heavy (non-hydrogen) atoms. The molecule has 0 fully saturated rings. The van der Waals surface area contributed by atoms with Crippen LogP contribution >= 0.6 is 11.8 Å². The van der Waals surface area contributed by atoms with Gasteiger partial charge in [-0.15, -0.1) is 0 Å². The van der Waals surface area contributed by atoms with Crippen molar-refractivity contribution in [2.24, 2.45) is 5.73 Å². The van der Waals surface area contributed by atoms with Crippen LogP contribution in [0.2, 0.25) is 0 Å². The fourth-order valence-electron chi connectivity index (χ4n) is 0.358. The predicted molar refractivity (Wildman–Crippen MR) is 38.7 cm³/mol. The Morgan fingerprint density at radius 1 is 1.90 bits per heavy atom. The van der Waals surface area contributed by atoms with Crippen molar-refractivity contribution in [3.63, 3.8) is 0 Å². The van der Waals surface area contributed by atoms with Crippen LogP contribution in [0.4, 0.5) is 4.39 Å². The molecule has 0 rings (SSSR count). The molecule has 0 bridgehead atoms. The van der Waals surface area contributed by atoms with Crippen LogP contribution in [-0.2, 0) is 4.79 Å². The zero-order valence-electron chi connectivity index (χ0n) is 5.63. The molecule has 0 spiro atoms. The van der Waals surface area contributed by atoms with Gasteiger partial charge >= 0.3 is 5.97 Å². The minimum atomic E-state index is -2.55. The summed E-state index contributed by atoms with van der Waals surface area (Å²) in [5, 5.41) is 8.16. The van der Waals surface area contributed by atoms with E-state index in [2.05, 4.69) is 0 Å². The average Bonchev–Trinajstić information content (AvgIpc) is 1.84. The molecule has 0 unspecified atom stereocenters. The SMILES string of the molecule is CSCC[C@](N)(F)C(=O)O. The van der Waals surface area contributed by atoms with E-state index in [9.17, 15) is 9.18 Å². The van der Waals surface area contributed by atoms with Crippen LogP contribution in [0.25, 0.3) is 0 Å². The van der Waals surface area contributed by atoms with Gasteiger partial charge in [0, 0.05) is 6.42 Å². The van der Waals surface area contributed by atoms with E-state index in [-0.39, 0.29) is 6.42 Å². The summed E-state index contributed by atoms with van der Waals surface area (Å²) in [6.45, 7) is 0. The Morgan fingerprint density at radius 2 is 2.40 bits per heavy atom. The summed E-state index contributed by atoms with van der Waals surface area (Å²) in [6, 6.07) is 0. The third-order valence-electron chi connectivity index (χ3n) is 1.03. The molecule has 1 atom stereocenters. The van der Waals surface area contributed by atoms with Crippen LogP contribution in [0.15, 0.2) is 0 Å². The normalized spacial score (nSPS) is 16.3. The number of carbonyl (C=O) groups is 1. The summed E-state index contributed by atoms with van der Waals surface area (Å²) in [5.74, 6) is -3.73. The number of hydrogen-bond acceptors (Lipinski definition) is 3. The molecule has 0 radical (unpaired) electrons. The maximum absolute atomic E-state index is 12.6. The Morgan fingerprint density at radius 3 is 2.70 bits per heavy atom. The molecule has 3 nitrogen and oxygen atoms in total. The zero-order valence-corrected chi connectivity index (χ0v) is 6.45. The van der Waals surface area contributed by atoms with Gasteiger partial charge in [-0.1, -0.05) is 0 Å². The Labute approximate surface area is 62.8 Å². The number of nitrogens with two attached hydrogens (primary N) is 1. The zero-order chi connectivity index (χ0) is 8.20. The summed E-state index contributed by atoms with van der Waals surface area (Å²) in [4.78, 5) is 10.0. The van der Waals surface area contributed by atoms with Crippen molar-refractivity contribution in [1.29, 1.82) is 0 Å². The van der Waals surface area contributed by atoms with E-state index in [1.807, 2.05) is 0 Å². The van der Waals surface area contributed by atoms with Gasteiger partial charge in [-0.25, -0.2) is 9.18 Å². The molecule has 0 saturated heterocycles. The molecule has 0 aromatic carbocycles. The first-order valence-corrected chi connectivity index (χ1v) is 4.10. The molecule has 0 heterocycles. The summed E-state index contributed by atoms with van der Waals surface area (Å²) >= 11 is 1.36. The van der Waals surface area contributed by atoms with E-state index in [0.29, 0.717) is 5.75 Å². The fraction of sp³-hybridized carbons (Fsp3) is 0.800. The van der Waals surface area contributed by atoms with Gasteiger partial charge in [0.2, 0.25) is 0 Å². The van der Waals surface area contributed by atoms with Crippen LogP contribution in [0.1, 0.15) is 6.42 Å². The first-order chi connectivity index (χ1) is 4.50. The first-order valence-electron chi connectivity index (χ1n) is 2.71. The standard InChI is InChI=1S/C5H10FNO2S/c1-10-3-2-5(6,7)4(8)9/h2-3,7H2,1H3,(H,8,9)/t5-/m1/s1. The minimum Gasteiger partial charge on any atom is -0.478 e. The topological polar surface area (TPSA) is 63.3 Å². The van der Waals surface area contributed by atoms with Gasteiger partial charge in [0.15, 0.2) is 0 Å². The van der Waals surface area contributed by atoms with Crippen molar-refractivity contribution in [2.45, 2.75) is 12.2 Å². The summed E-state index contributed by atoms with van der Waals surface area (Å²) in [6.07, 6.45) is 1.61. The first kappa shape index (κ1) is 9.71. The average molecular weight is 167 g/mol. The molecule has 3 N–H and O–H groups in total. The van der Waals surface area contributed by atoms with Gasteiger partial charge in [-0.05, 0) is 12.0 Å². The molecule has 0 saturated carbocycles. The van der Waals surface area contributed by atoms with E-state index in [4.69, 9.17) is 10.8 Å². The Bertz CT molecular complexity index is 129. The third kappa shape index (κ3) is 3.03. The van der Waals surface area contributed by atoms with E-state index in [1.165, 1.54) is 11.8 Å². The lowest BCUT2D eigenvalue weighted by Crippen LogP contribution is -2.43. The number of alkyl halides is 1. The maximum Gasteiger partial charge on any atom is 0.356 e. The highest BCUT2D eigenvalue weighted by Gasteiger charge is 2.32. The third-order valence-corrected chi connectivity index (χ3v) is 1.64. The van der Waals surface area contributed by atoms with Crippen molar-refractivity contribution in [1.82, 2.24) is 0 Å². The van der Waals surface area contributed by atoms with E-state index >= 15 is 0 Å². The molecule has 0 aliphatic heterocycles. The fourth-order valence-corrected chi connectivity index (χ4v) is 0.859. The smallest absolute Gasteiger partial charge is 0.356 e. The van der Waals surface area contributed by atoms with Gasteiger partial charge < -0.3 is 5.11 Å². The maximum atomic E-state index is 12.6. The second-order valence-corrected chi connectivity index (χ2v) is 2.90. The van der Waals surface area contributed by atoms with Gasteiger partial charge in [0.05, 0.1) is 0 Å². The number of carboxylic acids is 1. The second kappa shape index (κ2) is 3.78. The lowest BCUT2D eigenvalue weighted by molar-refractivity contribution is -0.150. The molecular weight excluding hydrogens is 157 g/mol. The van der Waals surface area contributed by atoms with Gasteiger partial charge in [0.1, 0.15) is 0 Å². The van der Waals surface area contributed by atoms with Crippen LogP contribution in [-0.4, -0.2) is 28.9 Å². The quantitative estimate of drug-likeness (QED) is 0.597. The van der Waals surface area contributed by atoms with Crippen LogP contribution in [0, 0.1) is 0 Å². The Balaban J connectivity index is 3.75. The number of aliphatic carboxylic acids is 1. The lowest BCUT2D eigenvalue weighted by atomic mass is 10.2. The number of hydrogen-bond donors (Lipinski definition) is 2. The summed E-state index contributed by atoms with van der Waals surface area (Å²) < 4.78 is 12.6. The van der Waals surface area contributed by atoms with E-state index in [1.54, 1.807) is 6.26 Å². The highest BCUT2D eigenvalue weighted by Crippen LogP contribution is 2.11. The number of rotatable bonds is 4. The van der Waals surface area contributed by atoms with Gasteiger partial charge in [-0.3, -0.25) is 5.73 Å². The monoisotopic (exact) mass is 167 g/mol. The van der Waals surface area contributed by atoms with E-state index < -0.39 is 11.8 Å². The number of thioether (sulfide) groups is 1. The molecule has 0 aromatic heterocycles. The molecule has 5 heteroatoms. The van der Waals surface area contributed by atoms with E-state index in [0.717, 1.165) is 0 Å². The Kier molecular flexibility index (Phi) is 3.67. The molecule has 0 aliphatic carbocycles. The molecular formula is C5H10FNO2S. The van der Waals surface area contributed by atoms with Crippen molar-refractivity contribution < 1.29 is 14.3 Å². The van der Waals surface area contributed by atoms with Crippen LogP contribution in [0.5, 0.6) is 0 Å². The number of halogens is 1. The molecule has 0 aromatic rings. The summed E-state index contributed by atoms with van der Waals surface area (Å²) in [5.41, 5.74) is 4.77. The predicted octanol–water partition coefficient (Wildman–Crippen LogP) is 0.449. The number of carboxylic acid groups (broad SMARTS) is 1. The molecule has 0 amide bonds. The lowest BCUT2D eigenvalue weighted by Gasteiger charge is -2.12. The minimum absolute atomic E-state index is 0.149. The largest absolute Gasteiger partial charge is 0.478 e. The van der Waals surface area contributed by atoms with Gasteiger partial charge in [-0.2, -0.15) is 11.8 Å². The van der Waals surface area contributed by atoms with Crippen molar-refractivity contribution in [3.8, 4) is 0 Å². The molecule has 0 aliphatic rings. The van der Waals surface area contributed by atoms with Crippen LogP contribution < -0.4 is 5.73 Å². The highest BCUT2D eigenvalue weighted by atomic mass is 32.2. The highest BCUT2D eigenvalue weighted by molar-refractivity contribution is 7.98. The van der Waals surface area contributed by atoms with Crippen molar-refractivity contribution in [2.75, 3.05) is 12.0 Å². The molecule has 60 valence electrons. The Hall–Kier alpha value is -0.290. The van der Waals surface area contributed by atoms with Crippen molar-refractivity contribution in [3.05, 3.63) is 0 Å².